The fourth-order valence-electron chi connectivity index (χ4n) is 2.85. The van der Waals surface area contributed by atoms with Crippen LogP contribution >= 0.6 is 23.1 Å². The Morgan fingerprint density at radius 2 is 1.93 bits per heavy atom. The monoisotopic (exact) mass is 421 g/mol. The van der Waals surface area contributed by atoms with Crippen LogP contribution in [0.1, 0.15) is 20.4 Å². The minimum atomic E-state index is -0.207. The van der Waals surface area contributed by atoms with Gasteiger partial charge in [0.15, 0.2) is 5.16 Å². The van der Waals surface area contributed by atoms with E-state index in [-0.39, 0.29) is 5.91 Å². The molecule has 2 heterocycles. The Kier molecular flexibility index (Phi) is 6.02. The highest BCUT2D eigenvalue weighted by Crippen LogP contribution is 2.27. The van der Waals surface area contributed by atoms with Crippen LogP contribution in [0, 0.1) is 0 Å². The Morgan fingerprint density at radius 3 is 2.76 bits per heavy atom. The number of amides is 1. The van der Waals surface area contributed by atoms with Crippen molar-refractivity contribution < 1.29 is 4.79 Å². The lowest BCUT2D eigenvalue weighted by Crippen LogP contribution is -2.22. The summed E-state index contributed by atoms with van der Waals surface area (Å²) in [7, 11) is 0. The summed E-state index contributed by atoms with van der Waals surface area (Å²) in [5, 5.41) is 13.1. The number of thioether (sulfide) groups is 1. The number of nitrogens with one attached hydrogen (secondary N) is 1. The van der Waals surface area contributed by atoms with Gasteiger partial charge in [-0.25, -0.2) is 4.98 Å². The molecule has 6 nitrogen and oxygen atoms in total. The third-order valence-electron chi connectivity index (χ3n) is 4.21. The molecular weight excluding hydrogens is 402 g/mol. The SMILES string of the molecule is C=CCn1c(SCc2nnc(C(=O)NCc3ccccc3)s2)nc2ccccc21. The molecule has 0 atom stereocenters. The van der Waals surface area contributed by atoms with Gasteiger partial charge in [-0.15, -0.1) is 16.8 Å². The average molecular weight is 422 g/mol. The normalized spacial score (nSPS) is 10.9. The molecule has 0 spiro atoms. The molecule has 0 aliphatic carbocycles. The molecule has 0 bridgehead atoms. The summed E-state index contributed by atoms with van der Waals surface area (Å²) in [6.07, 6.45) is 1.86. The fourth-order valence-corrected chi connectivity index (χ4v) is 4.62. The average Bonchev–Trinajstić information content (AvgIpc) is 3.37. The molecular formula is C21H19N5OS2. The highest BCUT2D eigenvalue weighted by molar-refractivity contribution is 7.98. The number of aromatic nitrogens is 4. The number of fused-ring (bicyclic) bond motifs is 1. The fraction of sp³-hybridized carbons (Fsp3) is 0.143. The van der Waals surface area contributed by atoms with Crippen molar-refractivity contribution in [2.45, 2.75) is 24.0 Å². The Hall–Kier alpha value is -2.97. The zero-order valence-electron chi connectivity index (χ0n) is 15.6. The van der Waals surface area contributed by atoms with E-state index in [1.54, 1.807) is 11.8 Å². The van der Waals surface area contributed by atoms with E-state index in [2.05, 4.69) is 32.7 Å². The van der Waals surface area contributed by atoms with Gasteiger partial charge in [0, 0.05) is 13.1 Å². The molecule has 0 fully saturated rings. The van der Waals surface area contributed by atoms with Gasteiger partial charge in [0.1, 0.15) is 5.01 Å². The van der Waals surface area contributed by atoms with Crippen LogP contribution in [0.2, 0.25) is 0 Å². The molecule has 0 saturated heterocycles. The maximum atomic E-state index is 12.3. The van der Waals surface area contributed by atoms with Crippen molar-refractivity contribution in [1.29, 1.82) is 0 Å². The van der Waals surface area contributed by atoms with E-state index >= 15 is 0 Å². The van der Waals surface area contributed by atoms with Gasteiger partial charge in [-0.1, -0.05) is 71.6 Å². The van der Waals surface area contributed by atoms with Crippen LogP contribution in [0.15, 0.2) is 72.4 Å². The lowest BCUT2D eigenvalue weighted by atomic mass is 10.2. The molecule has 146 valence electrons. The summed E-state index contributed by atoms with van der Waals surface area (Å²) >= 11 is 2.89. The lowest BCUT2D eigenvalue weighted by molar-refractivity contribution is 0.0950. The molecule has 4 rings (SSSR count). The molecule has 0 radical (unpaired) electrons. The first-order chi connectivity index (χ1) is 14.2. The van der Waals surface area contributed by atoms with E-state index in [0.29, 0.717) is 23.8 Å². The number of hydrogen-bond donors (Lipinski definition) is 1. The maximum absolute atomic E-state index is 12.3. The van der Waals surface area contributed by atoms with E-state index in [4.69, 9.17) is 4.98 Å². The van der Waals surface area contributed by atoms with Crippen LogP contribution in [0.25, 0.3) is 11.0 Å². The first-order valence-corrected chi connectivity index (χ1v) is 10.9. The summed E-state index contributed by atoms with van der Waals surface area (Å²) in [4.78, 5) is 17.0. The third kappa shape index (κ3) is 4.55. The Morgan fingerprint density at radius 1 is 1.14 bits per heavy atom. The minimum Gasteiger partial charge on any atom is -0.346 e. The summed E-state index contributed by atoms with van der Waals surface area (Å²) < 4.78 is 2.13. The van der Waals surface area contributed by atoms with E-state index < -0.39 is 0 Å². The van der Waals surface area contributed by atoms with Gasteiger partial charge < -0.3 is 9.88 Å². The number of carbonyl (C=O) groups excluding carboxylic acids is 1. The van der Waals surface area contributed by atoms with E-state index in [0.717, 1.165) is 26.8 Å². The number of allylic oxidation sites excluding steroid dienone is 1. The predicted octanol–water partition coefficient (Wildman–Crippen LogP) is 4.30. The minimum absolute atomic E-state index is 0.207. The predicted molar refractivity (Wildman–Crippen MR) is 117 cm³/mol. The number of benzene rings is 2. The molecule has 0 aliphatic heterocycles. The number of hydrogen-bond acceptors (Lipinski definition) is 6. The standard InChI is InChI=1S/C21H19N5OS2/c1-2-12-26-17-11-7-6-10-16(17)23-21(26)28-14-18-24-25-20(29-18)19(27)22-13-15-8-4-3-5-9-15/h2-11H,1,12-14H2,(H,22,27). The zero-order chi connectivity index (χ0) is 20.1. The quantitative estimate of drug-likeness (QED) is 0.339. The molecule has 0 unspecified atom stereocenters. The Balaban J connectivity index is 1.41. The van der Waals surface area contributed by atoms with Gasteiger partial charge in [-0.2, -0.15) is 0 Å². The van der Waals surface area contributed by atoms with Gasteiger partial charge in [0.05, 0.1) is 16.8 Å². The second kappa shape index (κ2) is 9.02. The summed E-state index contributed by atoms with van der Waals surface area (Å²) in [6.45, 7) is 5.00. The molecule has 2 aromatic carbocycles. The molecule has 1 N–H and O–H groups in total. The number of rotatable bonds is 8. The summed E-state index contributed by atoms with van der Waals surface area (Å²) in [5.41, 5.74) is 3.07. The summed E-state index contributed by atoms with van der Waals surface area (Å²) in [6, 6.07) is 17.8. The highest BCUT2D eigenvalue weighted by atomic mass is 32.2. The van der Waals surface area contributed by atoms with E-state index in [1.165, 1.54) is 11.3 Å². The largest absolute Gasteiger partial charge is 0.346 e. The lowest BCUT2D eigenvalue weighted by Gasteiger charge is -2.04. The van der Waals surface area contributed by atoms with E-state index in [9.17, 15) is 4.79 Å². The van der Waals surface area contributed by atoms with Gasteiger partial charge in [0.2, 0.25) is 5.01 Å². The van der Waals surface area contributed by atoms with Crippen molar-refractivity contribution in [3.63, 3.8) is 0 Å². The van der Waals surface area contributed by atoms with Crippen molar-refractivity contribution in [2.24, 2.45) is 0 Å². The molecule has 29 heavy (non-hydrogen) atoms. The van der Waals surface area contributed by atoms with Crippen molar-refractivity contribution in [2.75, 3.05) is 0 Å². The molecule has 0 aliphatic rings. The first kappa shape index (κ1) is 19.4. The molecule has 8 heteroatoms. The van der Waals surface area contributed by atoms with Crippen molar-refractivity contribution in [3.8, 4) is 0 Å². The molecule has 0 saturated carbocycles. The third-order valence-corrected chi connectivity index (χ3v) is 6.31. The van der Waals surface area contributed by atoms with Crippen LogP contribution in [0.5, 0.6) is 0 Å². The zero-order valence-corrected chi connectivity index (χ0v) is 17.2. The molecule has 2 aromatic heterocycles. The van der Waals surface area contributed by atoms with Crippen LogP contribution < -0.4 is 5.32 Å². The van der Waals surface area contributed by atoms with Gasteiger partial charge in [-0.05, 0) is 17.7 Å². The molecule has 1 amide bonds. The van der Waals surface area contributed by atoms with Gasteiger partial charge in [0.25, 0.3) is 5.91 Å². The van der Waals surface area contributed by atoms with Crippen molar-refractivity contribution in [1.82, 2.24) is 25.1 Å². The number of nitrogens with zero attached hydrogens (tertiary/aromatic N) is 4. The maximum Gasteiger partial charge on any atom is 0.282 e. The van der Waals surface area contributed by atoms with Crippen LogP contribution in [0.4, 0.5) is 0 Å². The second-order valence-corrected chi connectivity index (χ2v) is 8.24. The second-order valence-electron chi connectivity index (χ2n) is 6.24. The number of imidazole rings is 1. The molecule has 4 aromatic rings. The van der Waals surface area contributed by atoms with Crippen LogP contribution in [-0.2, 0) is 18.8 Å². The first-order valence-electron chi connectivity index (χ1n) is 9.08. The van der Waals surface area contributed by atoms with Gasteiger partial charge >= 0.3 is 0 Å². The number of para-hydroxylation sites is 2. The number of carbonyl (C=O) groups is 1. The highest BCUT2D eigenvalue weighted by Gasteiger charge is 2.15. The summed E-state index contributed by atoms with van der Waals surface area (Å²) in [5.74, 6) is 0.394. The van der Waals surface area contributed by atoms with Crippen molar-refractivity contribution in [3.05, 3.63) is 82.8 Å². The van der Waals surface area contributed by atoms with E-state index in [1.807, 2.05) is 54.6 Å². The van der Waals surface area contributed by atoms with Gasteiger partial charge in [-0.3, -0.25) is 4.79 Å². The van der Waals surface area contributed by atoms with Crippen LogP contribution in [-0.4, -0.2) is 25.7 Å². The topological polar surface area (TPSA) is 72.7 Å². The smallest absolute Gasteiger partial charge is 0.282 e. The van der Waals surface area contributed by atoms with Crippen LogP contribution in [0.3, 0.4) is 0 Å². The Bertz CT molecular complexity index is 1140. The van der Waals surface area contributed by atoms with Crippen molar-refractivity contribution >= 4 is 40.0 Å². The Labute approximate surface area is 176 Å².